The van der Waals surface area contributed by atoms with Gasteiger partial charge in [-0.15, -0.1) is 0 Å². The molecule has 1 N–H and O–H groups in total. The number of nitrogens with one attached hydrogen (secondary N) is 1. The summed E-state index contributed by atoms with van der Waals surface area (Å²) >= 11 is 0. The molecule has 6 heteroatoms. The zero-order valence-corrected chi connectivity index (χ0v) is 16.6. The van der Waals surface area contributed by atoms with E-state index >= 15 is 0 Å². The number of aryl methyl sites for hydroxylation is 1. The van der Waals surface area contributed by atoms with Crippen molar-refractivity contribution in [2.75, 3.05) is 0 Å². The van der Waals surface area contributed by atoms with E-state index in [-0.39, 0.29) is 29.0 Å². The van der Waals surface area contributed by atoms with E-state index < -0.39 is 0 Å². The summed E-state index contributed by atoms with van der Waals surface area (Å²) in [5.74, 6) is 0.385. The van der Waals surface area contributed by atoms with Crippen molar-refractivity contribution in [3.63, 3.8) is 0 Å². The Morgan fingerprint density at radius 3 is 2.44 bits per heavy atom. The minimum atomic E-state index is -0.257. The van der Waals surface area contributed by atoms with E-state index in [9.17, 15) is 9.59 Å². The number of amides is 1. The first-order valence-electron chi connectivity index (χ1n) is 9.83. The van der Waals surface area contributed by atoms with Gasteiger partial charge in [-0.2, -0.15) is 5.10 Å². The molecule has 2 bridgehead atoms. The number of hydrazone groups is 1. The Labute approximate surface area is 159 Å². The van der Waals surface area contributed by atoms with Gasteiger partial charge in [0, 0.05) is 17.7 Å². The van der Waals surface area contributed by atoms with E-state index in [4.69, 9.17) is 0 Å². The molecule has 2 saturated carbocycles. The van der Waals surface area contributed by atoms with Crippen molar-refractivity contribution in [3.8, 4) is 0 Å². The quantitative estimate of drug-likeness (QED) is 0.843. The first-order valence-corrected chi connectivity index (χ1v) is 9.83. The van der Waals surface area contributed by atoms with Crippen molar-refractivity contribution in [1.82, 2.24) is 14.6 Å². The minimum Gasteiger partial charge on any atom is -0.292 e. The standard InChI is InChI=1S/C21H28N4O2/c1-5-24-15-8-6-7-9-16(15)25(19(24)27)13-18(26)23-22-17-12-14-10-11-21(17,4)20(14,2)3/h6-9,14H,5,10-13H2,1-4H3,(H,23,26)/t14-,21-/m1/s1. The van der Waals surface area contributed by atoms with Crippen LogP contribution in [0.1, 0.15) is 47.0 Å². The largest absolute Gasteiger partial charge is 0.329 e. The molecule has 144 valence electrons. The second kappa shape index (κ2) is 6.08. The van der Waals surface area contributed by atoms with Crippen molar-refractivity contribution < 1.29 is 4.79 Å². The van der Waals surface area contributed by atoms with Crippen LogP contribution in [0, 0.1) is 16.7 Å². The molecule has 0 radical (unpaired) electrons. The van der Waals surface area contributed by atoms with Crippen molar-refractivity contribution >= 4 is 22.7 Å². The number of para-hydroxylation sites is 2. The van der Waals surface area contributed by atoms with E-state index in [1.165, 1.54) is 11.0 Å². The molecule has 0 saturated heterocycles. The number of hydrogen-bond acceptors (Lipinski definition) is 3. The van der Waals surface area contributed by atoms with Gasteiger partial charge in [0.15, 0.2) is 0 Å². The molecular formula is C21H28N4O2. The van der Waals surface area contributed by atoms with Crippen LogP contribution < -0.4 is 11.1 Å². The van der Waals surface area contributed by atoms with Crippen LogP contribution in [0.5, 0.6) is 0 Å². The Morgan fingerprint density at radius 2 is 1.89 bits per heavy atom. The second-order valence-electron chi connectivity index (χ2n) is 8.69. The molecule has 2 aliphatic rings. The molecule has 27 heavy (non-hydrogen) atoms. The summed E-state index contributed by atoms with van der Waals surface area (Å²) in [6.07, 6.45) is 3.32. The Bertz CT molecular complexity index is 997. The van der Waals surface area contributed by atoms with Gasteiger partial charge in [-0.3, -0.25) is 13.9 Å². The first-order chi connectivity index (χ1) is 12.8. The molecule has 0 unspecified atom stereocenters. The number of nitrogens with zero attached hydrogens (tertiary/aromatic N) is 3. The molecule has 1 aromatic heterocycles. The highest BCUT2D eigenvalue weighted by atomic mass is 16.2. The Balaban J connectivity index is 1.56. The summed E-state index contributed by atoms with van der Waals surface area (Å²) in [5, 5.41) is 4.50. The highest BCUT2D eigenvalue weighted by molar-refractivity contribution is 5.95. The molecular weight excluding hydrogens is 340 g/mol. The van der Waals surface area contributed by atoms with Gasteiger partial charge in [0.1, 0.15) is 6.54 Å². The fourth-order valence-corrected chi connectivity index (χ4v) is 5.14. The van der Waals surface area contributed by atoms with Gasteiger partial charge in [-0.05, 0) is 49.7 Å². The molecule has 0 aliphatic heterocycles. The maximum atomic E-state index is 12.7. The van der Waals surface area contributed by atoms with E-state index in [1.54, 1.807) is 4.57 Å². The lowest BCUT2D eigenvalue weighted by Crippen LogP contribution is -2.35. The number of fused-ring (bicyclic) bond motifs is 3. The lowest BCUT2D eigenvalue weighted by molar-refractivity contribution is -0.121. The van der Waals surface area contributed by atoms with Crippen LogP contribution in [0.3, 0.4) is 0 Å². The first kappa shape index (κ1) is 18.0. The topological polar surface area (TPSA) is 68.4 Å². The van der Waals surface area contributed by atoms with E-state index in [2.05, 4.69) is 31.3 Å². The third kappa shape index (κ3) is 2.49. The predicted molar refractivity (Wildman–Crippen MR) is 107 cm³/mol. The Hall–Kier alpha value is -2.37. The van der Waals surface area contributed by atoms with Gasteiger partial charge >= 0.3 is 5.69 Å². The molecule has 4 rings (SSSR count). The molecule has 1 heterocycles. The summed E-state index contributed by atoms with van der Waals surface area (Å²) in [4.78, 5) is 25.2. The Kier molecular flexibility index (Phi) is 4.05. The van der Waals surface area contributed by atoms with Crippen molar-refractivity contribution in [2.45, 2.75) is 60.0 Å². The van der Waals surface area contributed by atoms with Crippen molar-refractivity contribution in [3.05, 3.63) is 34.7 Å². The van der Waals surface area contributed by atoms with Gasteiger partial charge in [0.25, 0.3) is 5.91 Å². The molecule has 2 atom stereocenters. The fourth-order valence-electron chi connectivity index (χ4n) is 5.14. The second-order valence-corrected chi connectivity index (χ2v) is 8.69. The molecule has 1 aromatic carbocycles. The third-order valence-corrected chi connectivity index (χ3v) is 7.37. The summed E-state index contributed by atoms with van der Waals surface area (Å²) in [6.45, 7) is 9.38. The SMILES string of the molecule is CCn1c(=O)n(CC(=O)NN=C2C[C@H]3CC[C@@]2(C)C3(C)C)c2ccccc21. The van der Waals surface area contributed by atoms with Gasteiger partial charge in [0.05, 0.1) is 11.0 Å². The number of benzene rings is 1. The van der Waals surface area contributed by atoms with Crippen LogP contribution in [0.2, 0.25) is 0 Å². The van der Waals surface area contributed by atoms with Crippen LogP contribution in [0.15, 0.2) is 34.2 Å². The summed E-state index contributed by atoms with van der Waals surface area (Å²) in [7, 11) is 0. The number of hydrogen-bond donors (Lipinski definition) is 1. The van der Waals surface area contributed by atoms with Crippen LogP contribution in [-0.2, 0) is 17.9 Å². The van der Waals surface area contributed by atoms with Crippen LogP contribution in [0.25, 0.3) is 11.0 Å². The summed E-state index contributed by atoms with van der Waals surface area (Å²) in [5.41, 5.74) is 5.57. The minimum absolute atomic E-state index is 0.0212. The highest BCUT2D eigenvalue weighted by Crippen LogP contribution is 2.63. The molecule has 2 aromatic rings. The van der Waals surface area contributed by atoms with E-state index in [1.807, 2.05) is 31.2 Å². The van der Waals surface area contributed by atoms with Gasteiger partial charge < -0.3 is 0 Å². The van der Waals surface area contributed by atoms with Crippen LogP contribution >= 0.6 is 0 Å². The molecule has 6 nitrogen and oxygen atoms in total. The summed E-state index contributed by atoms with van der Waals surface area (Å²) in [6, 6.07) is 7.57. The average Bonchev–Trinajstić information content (AvgIpc) is 3.11. The number of rotatable bonds is 4. The van der Waals surface area contributed by atoms with Crippen molar-refractivity contribution in [2.24, 2.45) is 21.8 Å². The number of imidazole rings is 1. The monoisotopic (exact) mass is 368 g/mol. The molecule has 1 amide bonds. The predicted octanol–water partition coefficient (Wildman–Crippen LogP) is 3.14. The van der Waals surface area contributed by atoms with Gasteiger partial charge in [-0.25, -0.2) is 10.2 Å². The van der Waals surface area contributed by atoms with E-state index in [0.717, 1.165) is 29.6 Å². The zero-order valence-electron chi connectivity index (χ0n) is 16.6. The van der Waals surface area contributed by atoms with E-state index in [0.29, 0.717) is 12.5 Å². The normalized spacial score (nSPS) is 27.6. The lowest BCUT2D eigenvalue weighted by atomic mass is 9.70. The number of carbonyl (C=O) groups excluding carboxylic acids is 1. The Morgan fingerprint density at radius 1 is 1.22 bits per heavy atom. The van der Waals surface area contributed by atoms with Crippen molar-refractivity contribution in [1.29, 1.82) is 0 Å². The number of carbonyl (C=O) groups is 1. The summed E-state index contributed by atoms with van der Waals surface area (Å²) < 4.78 is 3.22. The maximum absolute atomic E-state index is 12.7. The zero-order chi connectivity index (χ0) is 19.4. The highest BCUT2D eigenvalue weighted by Gasteiger charge is 2.60. The number of aromatic nitrogens is 2. The maximum Gasteiger partial charge on any atom is 0.329 e. The van der Waals surface area contributed by atoms with Crippen LogP contribution in [-0.4, -0.2) is 20.8 Å². The molecule has 2 aliphatic carbocycles. The van der Waals surface area contributed by atoms with Gasteiger partial charge in [0.2, 0.25) is 0 Å². The fraction of sp³-hybridized carbons (Fsp3) is 0.571. The smallest absolute Gasteiger partial charge is 0.292 e. The average molecular weight is 368 g/mol. The van der Waals surface area contributed by atoms with Gasteiger partial charge in [-0.1, -0.05) is 32.9 Å². The molecule has 2 fully saturated rings. The third-order valence-electron chi connectivity index (χ3n) is 7.37. The molecule has 0 spiro atoms. The lowest BCUT2D eigenvalue weighted by Gasteiger charge is -2.34. The van der Waals surface area contributed by atoms with Crippen LogP contribution in [0.4, 0.5) is 0 Å².